The molecule has 1 N–H and O–H groups in total. The van der Waals surface area contributed by atoms with Gasteiger partial charge in [0.2, 0.25) is 0 Å². The Morgan fingerprint density at radius 2 is 1.48 bits per heavy atom. The molecule has 7 heteroatoms. The number of rotatable bonds is 8. The predicted octanol–water partition coefficient (Wildman–Crippen LogP) is 7.55. The Labute approximate surface area is 239 Å². The van der Waals surface area contributed by atoms with Gasteiger partial charge < -0.3 is 24.3 Å². The van der Waals surface area contributed by atoms with E-state index < -0.39 is 0 Å². The summed E-state index contributed by atoms with van der Waals surface area (Å²) in [6.45, 7) is 4.68. The molecule has 40 heavy (non-hydrogen) atoms. The van der Waals surface area contributed by atoms with Crippen molar-refractivity contribution in [3.8, 4) is 22.9 Å². The number of benzene rings is 3. The molecule has 2 atom stereocenters. The topological polar surface area (TPSA) is 51.5 Å². The fourth-order valence-corrected chi connectivity index (χ4v) is 5.44. The molecule has 3 heterocycles. The van der Waals surface area contributed by atoms with Crippen LogP contribution in [0.4, 0.5) is 5.69 Å². The number of hydrogen-bond acceptors (Lipinski definition) is 4. The standard InChI is InChI=1S/C33H30N4O2S/c1-3-38-26-17-11-24(12-18-26)36-22-6-8-30(36)32-31(29-7-4-5-21-34-29)35-33(40)37(32)25-13-19-28(20-14-25)39-27-15-9-23(2)10-16-27/h4-22,31-32H,3H2,1-2H3,(H,35,40)/t31-,32-/m1/s1. The second kappa shape index (κ2) is 11.2. The highest BCUT2D eigenvalue weighted by atomic mass is 32.1. The van der Waals surface area contributed by atoms with Gasteiger partial charge in [0.25, 0.3) is 0 Å². The first kappa shape index (κ1) is 25.6. The van der Waals surface area contributed by atoms with E-state index in [1.165, 1.54) is 5.56 Å². The average Bonchev–Trinajstić information content (AvgIpc) is 3.60. The molecule has 200 valence electrons. The third-order valence-electron chi connectivity index (χ3n) is 6.98. The van der Waals surface area contributed by atoms with E-state index in [4.69, 9.17) is 26.7 Å². The van der Waals surface area contributed by atoms with Crippen molar-refractivity contribution in [2.24, 2.45) is 0 Å². The molecule has 0 spiro atoms. The van der Waals surface area contributed by atoms with Crippen LogP contribution in [0.25, 0.3) is 5.69 Å². The fraction of sp³-hybridized carbons (Fsp3) is 0.152. The third kappa shape index (κ3) is 5.16. The van der Waals surface area contributed by atoms with Crippen LogP contribution in [-0.2, 0) is 0 Å². The normalized spacial score (nSPS) is 16.6. The molecule has 2 aromatic heterocycles. The van der Waals surface area contributed by atoms with E-state index >= 15 is 0 Å². The van der Waals surface area contributed by atoms with Gasteiger partial charge in [0.1, 0.15) is 23.3 Å². The van der Waals surface area contributed by atoms with Gasteiger partial charge in [-0.25, -0.2) is 0 Å². The number of aromatic nitrogens is 2. The van der Waals surface area contributed by atoms with Gasteiger partial charge >= 0.3 is 0 Å². The Hall–Kier alpha value is -4.62. The number of ether oxygens (including phenoxy) is 2. The lowest BCUT2D eigenvalue weighted by atomic mass is 10.0. The molecule has 1 fully saturated rings. The van der Waals surface area contributed by atoms with E-state index in [0.717, 1.165) is 40.0 Å². The fourth-order valence-electron chi connectivity index (χ4n) is 5.09. The van der Waals surface area contributed by atoms with Crippen LogP contribution in [0.15, 0.2) is 116 Å². The molecule has 1 aliphatic rings. The number of nitrogens with one attached hydrogen (secondary N) is 1. The predicted molar refractivity (Wildman–Crippen MR) is 163 cm³/mol. The van der Waals surface area contributed by atoms with Crippen molar-refractivity contribution >= 4 is 23.0 Å². The van der Waals surface area contributed by atoms with Crippen LogP contribution in [0.5, 0.6) is 17.2 Å². The van der Waals surface area contributed by atoms with E-state index in [0.29, 0.717) is 11.7 Å². The number of pyridine rings is 1. The molecular weight excluding hydrogens is 516 g/mol. The number of thiocarbonyl (C=S) groups is 1. The molecule has 0 radical (unpaired) electrons. The Morgan fingerprint density at radius 3 is 2.15 bits per heavy atom. The SMILES string of the molecule is CCOc1ccc(-n2cccc2[C@@H]2[C@@H](c3ccccn3)NC(=S)N2c2ccc(Oc3ccc(C)cc3)cc2)cc1. The Kier molecular flexibility index (Phi) is 7.21. The van der Waals surface area contributed by atoms with E-state index in [-0.39, 0.29) is 12.1 Å². The summed E-state index contributed by atoms with van der Waals surface area (Å²) in [5, 5.41) is 4.20. The van der Waals surface area contributed by atoms with Crippen molar-refractivity contribution in [2.45, 2.75) is 25.9 Å². The van der Waals surface area contributed by atoms with E-state index in [1.54, 1.807) is 0 Å². The maximum absolute atomic E-state index is 6.08. The largest absolute Gasteiger partial charge is 0.494 e. The molecular formula is C33H30N4O2S. The summed E-state index contributed by atoms with van der Waals surface area (Å²) in [6, 6.07) is 34.2. The quantitative estimate of drug-likeness (QED) is 0.203. The first-order chi connectivity index (χ1) is 19.6. The number of anilines is 1. The lowest BCUT2D eigenvalue weighted by Gasteiger charge is -2.29. The number of aryl methyl sites for hydroxylation is 1. The summed E-state index contributed by atoms with van der Waals surface area (Å²) in [7, 11) is 0. The second-order valence-corrected chi connectivity index (χ2v) is 10.0. The molecule has 0 aliphatic carbocycles. The molecule has 0 amide bonds. The Morgan fingerprint density at radius 1 is 0.800 bits per heavy atom. The van der Waals surface area contributed by atoms with Crippen LogP contribution >= 0.6 is 12.2 Å². The van der Waals surface area contributed by atoms with Crippen LogP contribution < -0.4 is 19.7 Å². The molecule has 6 rings (SSSR count). The molecule has 6 nitrogen and oxygen atoms in total. The number of hydrogen-bond donors (Lipinski definition) is 1. The van der Waals surface area contributed by atoms with Crippen molar-refractivity contribution < 1.29 is 9.47 Å². The summed E-state index contributed by atoms with van der Waals surface area (Å²) in [5.41, 5.74) is 5.23. The zero-order chi connectivity index (χ0) is 27.5. The van der Waals surface area contributed by atoms with Gasteiger partial charge in [-0.3, -0.25) is 4.98 Å². The van der Waals surface area contributed by atoms with Crippen molar-refractivity contribution in [2.75, 3.05) is 11.5 Å². The monoisotopic (exact) mass is 546 g/mol. The van der Waals surface area contributed by atoms with Crippen LogP contribution in [-0.4, -0.2) is 21.3 Å². The smallest absolute Gasteiger partial charge is 0.174 e. The molecule has 1 saturated heterocycles. The summed E-state index contributed by atoms with van der Waals surface area (Å²) < 4.78 is 13.9. The summed E-state index contributed by atoms with van der Waals surface area (Å²) in [4.78, 5) is 6.86. The van der Waals surface area contributed by atoms with Crippen LogP contribution in [0.1, 0.15) is 36.0 Å². The van der Waals surface area contributed by atoms with Gasteiger partial charge in [-0.05, 0) is 111 Å². The average molecular weight is 547 g/mol. The first-order valence-electron chi connectivity index (χ1n) is 13.4. The van der Waals surface area contributed by atoms with Crippen molar-refractivity contribution in [3.05, 3.63) is 132 Å². The highest BCUT2D eigenvalue weighted by molar-refractivity contribution is 7.80. The molecule has 3 aromatic carbocycles. The molecule has 1 aliphatic heterocycles. The lowest BCUT2D eigenvalue weighted by molar-refractivity contribution is 0.340. The zero-order valence-corrected chi connectivity index (χ0v) is 23.2. The van der Waals surface area contributed by atoms with E-state index in [1.807, 2.05) is 79.9 Å². The van der Waals surface area contributed by atoms with Gasteiger partial charge in [-0.2, -0.15) is 0 Å². The van der Waals surface area contributed by atoms with E-state index in [2.05, 4.69) is 64.3 Å². The first-order valence-corrected chi connectivity index (χ1v) is 13.8. The van der Waals surface area contributed by atoms with Crippen molar-refractivity contribution in [1.82, 2.24) is 14.9 Å². The third-order valence-corrected chi connectivity index (χ3v) is 7.29. The van der Waals surface area contributed by atoms with Gasteiger partial charge in [0, 0.05) is 29.5 Å². The molecule has 0 unspecified atom stereocenters. The Bertz CT molecular complexity index is 1580. The number of nitrogens with zero attached hydrogens (tertiary/aromatic N) is 3. The zero-order valence-electron chi connectivity index (χ0n) is 22.4. The van der Waals surface area contributed by atoms with Crippen LogP contribution in [0.2, 0.25) is 0 Å². The maximum atomic E-state index is 6.08. The van der Waals surface area contributed by atoms with Crippen molar-refractivity contribution in [1.29, 1.82) is 0 Å². The maximum Gasteiger partial charge on any atom is 0.174 e. The summed E-state index contributed by atoms with van der Waals surface area (Å²) in [5.74, 6) is 2.42. The minimum atomic E-state index is -0.146. The van der Waals surface area contributed by atoms with Gasteiger partial charge in [0.05, 0.1) is 18.3 Å². The second-order valence-electron chi connectivity index (χ2n) is 9.64. The van der Waals surface area contributed by atoms with Gasteiger partial charge in [-0.15, -0.1) is 0 Å². The Balaban J connectivity index is 1.37. The van der Waals surface area contributed by atoms with Gasteiger partial charge in [-0.1, -0.05) is 23.8 Å². The minimum Gasteiger partial charge on any atom is -0.494 e. The van der Waals surface area contributed by atoms with Crippen LogP contribution in [0.3, 0.4) is 0 Å². The highest BCUT2D eigenvalue weighted by Gasteiger charge is 2.42. The summed E-state index contributed by atoms with van der Waals surface area (Å²) >= 11 is 5.94. The van der Waals surface area contributed by atoms with Crippen molar-refractivity contribution in [3.63, 3.8) is 0 Å². The molecule has 0 bridgehead atoms. The van der Waals surface area contributed by atoms with Gasteiger partial charge in [0.15, 0.2) is 5.11 Å². The highest BCUT2D eigenvalue weighted by Crippen LogP contribution is 2.42. The molecule has 0 saturated carbocycles. The minimum absolute atomic E-state index is 0.145. The summed E-state index contributed by atoms with van der Waals surface area (Å²) in [6.07, 6.45) is 3.90. The van der Waals surface area contributed by atoms with E-state index in [9.17, 15) is 0 Å². The van der Waals surface area contributed by atoms with Crippen LogP contribution in [0, 0.1) is 6.92 Å². The molecule has 5 aromatic rings. The lowest BCUT2D eigenvalue weighted by Crippen LogP contribution is -2.30.